The lowest BCUT2D eigenvalue weighted by molar-refractivity contribution is -0.274. The monoisotopic (exact) mass is 373 g/mol. The Kier molecular flexibility index (Phi) is 4.88. The molecule has 1 N–H and O–H groups in total. The van der Waals surface area contributed by atoms with Crippen LogP contribution in [0.25, 0.3) is 0 Å². The predicted octanol–water partition coefficient (Wildman–Crippen LogP) is 4.67. The molecule has 94 valence electrons. The highest BCUT2D eigenvalue weighted by molar-refractivity contribution is 9.11. The molecule has 0 aliphatic heterocycles. The smallest absolute Gasteiger partial charge is 0.404 e. The van der Waals surface area contributed by atoms with Crippen molar-refractivity contribution in [2.75, 3.05) is 11.9 Å². The van der Waals surface area contributed by atoms with Crippen LogP contribution in [0.15, 0.2) is 33.7 Å². The van der Waals surface area contributed by atoms with Crippen LogP contribution in [-0.4, -0.2) is 12.9 Å². The van der Waals surface area contributed by atoms with Crippen LogP contribution in [0.2, 0.25) is 0 Å². The van der Waals surface area contributed by atoms with E-state index in [0.717, 1.165) is 0 Å². The maximum Gasteiger partial charge on any atom is 0.573 e. The van der Waals surface area contributed by atoms with Gasteiger partial charge in [0, 0.05) is 15.5 Å². The highest BCUT2D eigenvalue weighted by Crippen LogP contribution is 2.33. The highest BCUT2D eigenvalue weighted by Gasteiger charge is 2.32. The fourth-order valence-electron chi connectivity index (χ4n) is 1.04. The van der Waals surface area contributed by atoms with Crippen LogP contribution in [0.3, 0.4) is 0 Å². The summed E-state index contributed by atoms with van der Waals surface area (Å²) in [5.41, 5.74) is 0.242. The average molecular weight is 375 g/mol. The zero-order chi connectivity index (χ0) is 13.1. The van der Waals surface area contributed by atoms with Gasteiger partial charge in [-0.3, -0.25) is 0 Å². The van der Waals surface area contributed by atoms with Crippen molar-refractivity contribution in [1.82, 2.24) is 0 Å². The Morgan fingerprint density at radius 2 is 2.06 bits per heavy atom. The van der Waals surface area contributed by atoms with Crippen molar-refractivity contribution in [2.24, 2.45) is 0 Å². The summed E-state index contributed by atoms with van der Waals surface area (Å²) < 4.78 is 41.5. The van der Waals surface area contributed by atoms with Crippen molar-refractivity contribution < 1.29 is 17.9 Å². The molecule has 7 heteroatoms. The summed E-state index contributed by atoms with van der Waals surface area (Å²) in [6, 6.07) is 4.34. The molecule has 0 saturated carbocycles. The van der Waals surface area contributed by atoms with Gasteiger partial charge in [-0.2, -0.15) is 0 Å². The van der Waals surface area contributed by atoms with Gasteiger partial charge >= 0.3 is 6.36 Å². The van der Waals surface area contributed by atoms with Gasteiger partial charge in [-0.1, -0.05) is 38.4 Å². The van der Waals surface area contributed by atoms with E-state index >= 15 is 0 Å². The lowest BCUT2D eigenvalue weighted by atomic mass is 10.3. The van der Waals surface area contributed by atoms with E-state index in [1.807, 2.05) is 0 Å². The van der Waals surface area contributed by atoms with E-state index in [4.69, 9.17) is 0 Å². The number of alkyl halides is 3. The molecular formula is C10H8Br2F3NO. The summed E-state index contributed by atoms with van der Waals surface area (Å²) in [6.07, 6.45) is -4.72. The summed E-state index contributed by atoms with van der Waals surface area (Å²) in [6.45, 7) is 3.88. The molecule has 0 unspecified atom stereocenters. The SMILES string of the molecule is C=C(Br)CNc1ccc(Br)cc1OC(F)(F)F. The molecule has 0 heterocycles. The van der Waals surface area contributed by atoms with E-state index in [-0.39, 0.29) is 11.4 Å². The molecule has 0 spiro atoms. The molecule has 0 radical (unpaired) electrons. The van der Waals surface area contributed by atoms with Crippen LogP contribution in [0.5, 0.6) is 5.75 Å². The maximum atomic E-state index is 12.2. The molecule has 17 heavy (non-hydrogen) atoms. The van der Waals surface area contributed by atoms with Crippen LogP contribution in [-0.2, 0) is 0 Å². The molecule has 0 aromatic heterocycles. The molecular weight excluding hydrogens is 367 g/mol. The minimum atomic E-state index is -4.72. The first kappa shape index (κ1) is 14.4. The Balaban J connectivity index is 2.91. The highest BCUT2D eigenvalue weighted by atomic mass is 79.9. The fourth-order valence-corrected chi connectivity index (χ4v) is 1.52. The molecule has 0 saturated heterocycles. The number of nitrogens with one attached hydrogen (secondary N) is 1. The first-order chi connectivity index (χ1) is 7.78. The molecule has 0 bridgehead atoms. The lowest BCUT2D eigenvalue weighted by Gasteiger charge is -2.14. The first-order valence-corrected chi connectivity index (χ1v) is 5.99. The van der Waals surface area contributed by atoms with E-state index < -0.39 is 6.36 Å². The molecule has 0 aliphatic rings. The molecule has 1 aromatic carbocycles. The van der Waals surface area contributed by atoms with Crippen molar-refractivity contribution in [1.29, 1.82) is 0 Å². The summed E-state index contributed by atoms with van der Waals surface area (Å²) in [7, 11) is 0. The summed E-state index contributed by atoms with van der Waals surface area (Å²) in [5, 5.41) is 2.77. The minimum Gasteiger partial charge on any atom is -0.404 e. The van der Waals surface area contributed by atoms with E-state index in [2.05, 4.69) is 48.5 Å². The second-order valence-corrected chi connectivity index (χ2v) is 5.10. The molecule has 2 nitrogen and oxygen atoms in total. The summed E-state index contributed by atoms with van der Waals surface area (Å²) in [5.74, 6) is -0.291. The van der Waals surface area contributed by atoms with Crippen LogP contribution in [0.1, 0.15) is 0 Å². The Morgan fingerprint density at radius 1 is 1.41 bits per heavy atom. The van der Waals surface area contributed by atoms with E-state index in [1.165, 1.54) is 12.1 Å². The van der Waals surface area contributed by atoms with Crippen LogP contribution in [0.4, 0.5) is 18.9 Å². The summed E-state index contributed by atoms with van der Waals surface area (Å²) >= 11 is 6.19. The lowest BCUT2D eigenvalue weighted by Crippen LogP contribution is -2.18. The normalized spacial score (nSPS) is 11.1. The molecule has 0 fully saturated rings. The van der Waals surface area contributed by atoms with Crippen LogP contribution in [0, 0.1) is 0 Å². The van der Waals surface area contributed by atoms with Crippen molar-refractivity contribution in [2.45, 2.75) is 6.36 Å². The van der Waals surface area contributed by atoms with Crippen molar-refractivity contribution in [3.05, 3.63) is 33.7 Å². The predicted molar refractivity (Wildman–Crippen MR) is 67.4 cm³/mol. The fraction of sp³-hybridized carbons (Fsp3) is 0.200. The Hall–Kier alpha value is -0.690. The molecule has 0 atom stereocenters. The maximum absolute atomic E-state index is 12.2. The van der Waals surface area contributed by atoms with Crippen molar-refractivity contribution >= 4 is 37.5 Å². The van der Waals surface area contributed by atoms with Gasteiger partial charge in [-0.15, -0.1) is 13.2 Å². The second kappa shape index (κ2) is 5.77. The summed E-state index contributed by atoms with van der Waals surface area (Å²) in [4.78, 5) is 0. The average Bonchev–Trinajstić information content (AvgIpc) is 2.13. The standard InChI is InChI=1S/C10H8Br2F3NO/c1-6(11)5-16-8-3-2-7(12)4-9(8)17-10(13,14)15/h2-4,16H,1,5H2. The number of benzene rings is 1. The van der Waals surface area contributed by atoms with Gasteiger partial charge in [-0.25, -0.2) is 0 Å². The van der Waals surface area contributed by atoms with Gasteiger partial charge in [0.15, 0.2) is 5.75 Å². The Bertz CT molecular complexity index is 421. The van der Waals surface area contributed by atoms with Crippen molar-refractivity contribution in [3.8, 4) is 5.75 Å². The number of rotatable bonds is 4. The number of hydrogen-bond donors (Lipinski definition) is 1. The minimum absolute atomic E-state index is 0.242. The third kappa shape index (κ3) is 5.45. The van der Waals surface area contributed by atoms with Gasteiger partial charge in [0.05, 0.1) is 5.69 Å². The molecule has 1 aromatic rings. The third-order valence-corrected chi connectivity index (χ3v) is 2.41. The van der Waals surface area contributed by atoms with E-state index in [9.17, 15) is 13.2 Å². The Morgan fingerprint density at radius 3 is 2.59 bits per heavy atom. The number of ether oxygens (including phenoxy) is 1. The van der Waals surface area contributed by atoms with Gasteiger partial charge in [-0.05, 0) is 18.2 Å². The number of anilines is 1. The topological polar surface area (TPSA) is 21.3 Å². The van der Waals surface area contributed by atoms with Crippen LogP contribution < -0.4 is 10.1 Å². The largest absolute Gasteiger partial charge is 0.573 e. The van der Waals surface area contributed by atoms with E-state index in [1.54, 1.807) is 6.07 Å². The second-order valence-electron chi connectivity index (χ2n) is 3.06. The van der Waals surface area contributed by atoms with Crippen molar-refractivity contribution in [3.63, 3.8) is 0 Å². The number of hydrogen-bond acceptors (Lipinski definition) is 2. The van der Waals surface area contributed by atoms with Gasteiger partial charge in [0.2, 0.25) is 0 Å². The van der Waals surface area contributed by atoms with Crippen LogP contribution >= 0.6 is 31.9 Å². The van der Waals surface area contributed by atoms with Gasteiger partial charge < -0.3 is 10.1 Å². The van der Waals surface area contributed by atoms with E-state index in [0.29, 0.717) is 15.5 Å². The number of halogens is 5. The Labute approximate surface area is 113 Å². The molecule has 1 rings (SSSR count). The molecule has 0 amide bonds. The third-order valence-electron chi connectivity index (χ3n) is 1.64. The zero-order valence-corrected chi connectivity index (χ0v) is 11.6. The van der Waals surface area contributed by atoms with Gasteiger partial charge in [0.1, 0.15) is 0 Å². The zero-order valence-electron chi connectivity index (χ0n) is 8.44. The quantitative estimate of drug-likeness (QED) is 0.826. The van der Waals surface area contributed by atoms with Gasteiger partial charge in [0.25, 0.3) is 0 Å². The molecule has 0 aliphatic carbocycles. The first-order valence-electron chi connectivity index (χ1n) is 4.40.